The smallest absolute Gasteiger partial charge is 0.389 e. The van der Waals surface area contributed by atoms with Gasteiger partial charge in [0.1, 0.15) is 0 Å². The van der Waals surface area contributed by atoms with Gasteiger partial charge in [0.15, 0.2) is 5.78 Å². The minimum absolute atomic E-state index is 0. The van der Waals surface area contributed by atoms with Crippen LogP contribution >= 0.6 is 0 Å². The number of aliphatic hydroxyl groups is 1. The van der Waals surface area contributed by atoms with Gasteiger partial charge in [0.2, 0.25) is 0 Å². The largest absolute Gasteiger partial charge is 0.512 e. The van der Waals surface area contributed by atoms with Crippen LogP contribution in [0.4, 0.5) is 13.2 Å². The molecule has 4 aromatic carbocycles. The van der Waals surface area contributed by atoms with Gasteiger partial charge in [-0.15, -0.1) is 69.8 Å². The summed E-state index contributed by atoms with van der Waals surface area (Å²) in [7, 11) is 0. The van der Waals surface area contributed by atoms with Crippen molar-refractivity contribution in [3.05, 3.63) is 142 Å². The van der Waals surface area contributed by atoms with E-state index in [0.717, 1.165) is 66.8 Å². The number of carbonyl (C=O) groups excluding carboxylic acids is 1. The molecule has 2 heterocycles. The van der Waals surface area contributed by atoms with E-state index in [1.165, 1.54) is 16.7 Å². The average molecular weight is 1010 g/mol. The first kappa shape index (κ1) is 45.9. The Morgan fingerprint density at radius 1 is 0.705 bits per heavy atom. The number of fused-ring (bicyclic) bond motifs is 2. The molecular weight excluding hydrogens is 946 g/mol. The third-order valence-electron chi connectivity index (χ3n) is 10.6. The summed E-state index contributed by atoms with van der Waals surface area (Å²) in [5, 5.41) is 13.5. The Kier molecular flexibility index (Phi) is 17.3. The Labute approximate surface area is 379 Å². The summed E-state index contributed by atoms with van der Waals surface area (Å²) in [4.78, 5) is 20.5. The molecule has 1 N–H and O–H groups in total. The van der Waals surface area contributed by atoms with Crippen molar-refractivity contribution in [2.45, 2.75) is 120 Å². The second-order valence-electron chi connectivity index (χ2n) is 16.3. The fourth-order valence-electron chi connectivity index (χ4n) is 7.20. The second kappa shape index (κ2) is 23.0. The Bertz CT molecular complexity index is 2550. The zero-order valence-corrected chi connectivity index (χ0v) is 39.7. The van der Waals surface area contributed by atoms with Crippen molar-refractivity contribution < 1.29 is 47.3 Å². The molecule has 0 saturated carbocycles. The number of carbonyl (C=O) groups is 1. The normalized spacial score (nSPS) is 12.9. The van der Waals surface area contributed by atoms with E-state index < -0.39 is 24.3 Å². The molecule has 0 bridgehead atoms. The van der Waals surface area contributed by atoms with Gasteiger partial charge in [0.25, 0.3) is 0 Å². The fraction of sp³-hybridized carbons (Fsp3) is 0.377. The number of aliphatic hydroxyl groups excluding tert-OH is 1. The van der Waals surface area contributed by atoms with Crippen LogP contribution in [-0.4, -0.2) is 27.0 Å². The molecule has 1 atom stereocenters. The molecule has 0 aliphatic heterocycles. The standard InChI is InChI=1S/2C20H20N.C13H21F3O2.Ir/c2*1-13(2)16-5-6-19-17(12-16)7-8-21-20(19)18-10-14(3)9-15(4)11-18;1-4-9(5-2)11(17)7-12(18)10(6-3)8-13(14,15)16;/h2*5-10,12-13H,1-4H3;7,9-10,18H,4-6,8H2,1-3H3;/q2*-1;;/b;;12-7-;/i7D,8D;8D;;. The summed E-state index contributed by atoms with van der Waals surface area (Å²) in [6.45, 7) is 22.0. The maximum atomic E-state index is 12.3. The summed E-state index contributed by atoms with van der Waals surface area (Å²) < 4.78 is 61.1. The molecule has 0 saturated heterocycles. The minimum Gasteiger partial charge on any atom is -0.512 e. The summed E-state index contributed by atoms with van der Waals surface area (Å²) in [6.07, 6.45) is -2.75. The van der Waals surface area contributed by atoms with Crippen molar-refractivity contribution >= 4 is 27.3 Å². The van der Waals surface area contributed by atoms with E-state index in [-0.39, 0.29) is 50.4 Å². The van der Waals surface area contributed by atoms with Gasteiger partial charge in [-0.05, 0) is 87.3 Å². The molecule has 327 valence electrons. The third-order valence-corrected chi connectivity index (χ3v) is 10.6. The Morgan fingerprint density at radius 3 is 1.61 bits per heavy atom. The van der Waals surface area contributed by atoms with Gasteiger partial charge in [-0.25, -0.2) is 0 Å². The van der Waals surface area contributed by atoms with Crippen LogP contribution in [0.15, 0.2) is 97.0 Å². The van der Waals surface area contributed by atoms with Crippen molar-refractivity contribution in [3.8, 4) is 22.5 Å². The molecule has 0 fully saturated rings. The summed E-state index contributed by atoms with van der Waals surface area (Å²) >= 11 is 0. The maximum absolute atomic E-state index is 12.3. The predicted molar refractivity (Wildman–Crippen MR) is 243 cm³/mol. The first-order valence-electron chi connectivity index (χ1n) is 22.4. The molecule has 0 aliphatic carbocycles. The van der Waals surface area contributed by atoms with Crippen LogP contribution in [0.5, 0.6) is 0 Å². The van der Waals surface area contributed by atoms with E-state index in [1.807, 2.05) is 58.9 Å². The van der Waals surface area contributed by atoms with Crippen LogP contribution in [0.3, 0.4) is 0 Å². The number of aryl methyl sites for hydroxylation is 4. The molecule has 4 nitrogen and oxygen atoms in total. The molecule has 1 radical (unpaired) electrons. The number of allylic oxidation sites excluding steroid dienone is 2. The number of benzene rings is 4. The van der Waals surface area contributed by atoms with Gasteiger partial charge >= 0.3 is 6.18 Å². The van der Waals surface area contributed by atoms with Crippen LogP contribution in [0.25, 0.3) is 44.1 Å². The number of hydrogen-bond acceptors (Lipinski definition) is 4. The quantitative estimate of drug-likeness (QED) is 0.0798. The third kappa shape index (κ3) is 14.5. The molecule has 0 amide bonds. The summed E-state index contributed by atoms with van der Waals surface area (Å²) in [5.41, 5.74) is 10.4. The number of halogens is 3. The second-order valence-corrected chi connectivity index (χ2v) is 16.3. The van der Waals surface area contributed by atoms with E-state index in [0.29, 0.717) is 30.9 Å². The molecule has 1 unspecified atom stereocenters. The Morgan fingerprint density at radius 2 is 1.16 bits per heavy atom. The number of hydrogen-bond donors (Lipinski definition) is 1. The van der Waals surface area contributed by atoms with Crippen LogP contribution < -0.4 is 0 Å². The van der Waals surface area contributed by atoms with Crippen molar-refractivity contribution in [1.29, 1.82) is 0 Å². The Hall–Kier alpha value is -4.65. The molecule has 0 aliphatic rings. The van der Waals surface area contributed by atoms with Crippen LogP contribution in [0.1, 0.15) is 123 Å². The molecule has 61 heavy (non-hydrogen) atoms. The molecule has 8 heteroatoms. The minimum atomic E-state index is -4.33. The first-order valence-corrected chi connectivity index (χ1v) is 20.9. The summed E-state index contributed by atoms with van der Waals surface area (Å²) in [6, 6.07) is 29.6. The van der Waals surface area contributed by atoms with E-state index in [1.54, 1.807) is 6.92 Å². The van der Waals surface area contributed by atoms with Crippen molar-refractivity contribution in [1.82, 2.24) is 9.97 Å². The summed E-state index contributed by atoms with van der Waals surface area (Å²) in [5.74, 6) is -1.14. The Balaban J connectivity index is 0.000000256. The maximum Gasteiger partial charge on any atom is 0.389 e. The van der Waals surface area contributed by atoms with Gasteiger partial charge in [-0.1, -0.05) is 113 Å². The number of alkyl halides is 3. The van der Waals surface area contributed by atoms with Crippen molar-refractivity contribution in [2.75, 3.05) is 0 Å². The average Bonchev–Trinajstić information content (AvgIpc) is 3.20. The molecule has 6 aromatic rings. The van der Waals surface area contributed by atoms with E-state index in [9.17, 15) is 23.1 Å². The number of pyridine rings is 2. The predicted octanol–water partition coefficient (Wildman–Crippen LogP) is 15.3. The zero-order valence-electron chi connectivity index (χ0n) is 40.3. The van der Waals surface area contributed by atoms with Gasteiger partial charge in [0, 0.05) is 50.4 Å². The van der Waals surface area contributed by atoms with Crippen LogP contribution in [-0.2, 0) is 24.9 Å². The monoisotopic (exact) mass is 1010 g/mol. The SMILES string of the molecule is CCC(CC)C(=O)/C=C(\O)C(CC)CC(F)(F)F.[2H]c1cc2cc(C(C)C)ccc2c(-c2[c-]c(C)cc(C)c2)n1.[2H]c1nc(-c2[c-]c(C)cc(C)c2)c2ccc(C(C)C)cc2c1[2H].[Ir]. The number of nitrogens with zero attached hydrogens (tertiary/aromatic N) is 2. The molecule has 6 rings (SSSR count). The molecular formula is C53H61F3IrN2O2-2. The topological polar surface area (TPSA) is 63.1 Å². The zero-order chi connectivity index (χ0) is 46.9. The number of aromatic nitrogens is 2. The van der Waals surface area contributed by atoms with E-state index >= 15 is 0 Å². The first-order chi connectivity index (χ1) is 29.5. The van der Waals surface area contributed by atoms with E-state index in [4.69, 9.17) is 4.11 Å². The van der Waals surface area contributed by atoms with Crippen LogP contribution in [0, 0.1) is 51.7 Å². The van der Waals surface area contributed by atoms with Gasteiger partial charge in [-0.2, -0.15) is 13.2 Å². The van der Waals surface area contributed by atoms with Gasteiger partial charge in [-0.3, -0.25) is 4.79 Å². The molecule has 2 aromatic heterocycles. The fourth-order valence-corrected chi connectivity index (χ4v) is 7.20. The van der Waals surface area contributed by atoms with E-state index in [2.05, 4.69) is 99.2 Å². The van der Waals surface area contributed by atoms with Gasteiger partial charge in [0.05, 0.1) is 16.3 Å². The van der Waals surface area contributed by atoms with Gasteiger partial charge < -0.3 is 15.1 Å². The number of ketones is 1. The van der Waals surface area contributed by atoms with Crippen molar-refractivity contribution in [2.24, 2.45) is 11.8 Å². The van der Waals surface area contributed by atoms with Crippen molar-refractivity contribution in [3.63, 3.8) is 0 Å². The van der Waals surface area contributed by atoms with Crippen LogP contribution in [0.2, 0.25) is 0 Å². The molecule has 0 spiro atoms. The number of rotatable bonds is 11.